The predicted molar refractivity (Wildman–Crippen MR) is 107 cm³/mol. The maximum Gasteiger partial charge on any atom is 0.228 e. The minimum Gasteiger partial charge on any atom is -0.481 e. The fourth-order valence-corrected chi connectivity index (χ4v) is 3.77. The van der Waals surface area contributed by atoms with E-state index in [0.717, 1.165) is 0 Å². The number of carbonyl (C=O) groups excluding carboxylic acids is 1. The third kappa shape index (κ3) is 3.00. The second kappa shape index (κ2) is 7.58. The number of benzene rings is 1. The van der Waals surface area contributed by atoms with E-state index in [2.05, 4.69) is 10.1 Å². The Morgan fingerprint density at radius 1 is 1.25 bits per heavy atom. The number of amides is 1. The number of hydrogen-bond donors (Lipinski definition) is 1. The van der Waals surface area contributed by atoms with E-state index in [1.54, 1.807) is 16.8 Å². The standard InChI is InChI=1S/C21H25FN4O2/c1-5-21(6-2,20(23)27)15-8-9-17(25-19(15)28-4)13-10-16(22)14-12-24-26(7-3)18(14)11-13/h8-12H,5-7H2,1-4H3,(H2,23,27). The van der Waals surface area contributed by atoms with Crippen molar-refractivity contribution in [2.75, 3.05) is 7.11 Å². The molecule has 3 rings (SSSR count). The average Bonchev–Trinajstić information content (AvgIpc) is 3.13. The van der Waals surface area contributed by atoms with Crippen LogP contribution < -0.4 is 10.5 Å². The Morgan fingerprint density at radius 2 is 1.96 bits per heavy atom. The van der Waals surface area contributed by atoms with Crippen LogP contribution in [0.15, 0.2) is 30.5 Å². The normalized spacial score (nSPS) is 11.8. The summed E-state index contributed by atoms with van der Waals surface area (Å²) in [7, 11) is 1.50. The minimum atomic E-state index is -0.854. The molecule has 0 bridgehead atoms. The van der Waals surface area contributed by atoms with E-state index in [1.165, 1.54) is 19.4 Å². The summed E-state index contributed by atoms with van der Waals surface area (Å²) < 4.78 is 21.8. The number of fused-ring (bicyclic) bond motifs is 1. The summed E-state index contributed by atoms with van der Waals surface area (Å²) in [5.74, 6) is -0.445. The SMILES string of the molecule is CCn1ncc2c(F)cc(-c3ccc(C(CC)(CC)C(N)=O)c(OC)n3)cc21. The van der Waals surface area contributed by atoms with Crippen LogP contribution in [0.2, 0.25) is 0 Å². The van der Waals surface area contributed by atoms with Gasteiger partial charge in [-0.3, -0.25) is 9.48 Å². The highest BCUT2D eigenvalue weighted by atomic mass is 19.1. The minimum absolute atomic E-state index is 0.324. The summed E-state index contributed by atoms with van der Waals surface area (Å²) in [4.78, 5) is 16.8. The van der Waals surface area contributed by atoms with Crippen LogP contribution in [0.4, 0.5) is 4.39 Å². The quantitative estimate of drug-likeness (QED) is 0.671. The molecule has 0 radical (unpaired) electrons. The van der Waals surface area contributed by atoms with Crippen molar-refractivity contribution in [3.63, 3.8) is 0 Å². The molecule has 0 fully saturated rings. The number of carbonyl (C=O) groups is 1. The fourth-order valence-electron chi connectivity index (χ4n) is 3.77. The van der Waals surface area contributed by atoms with Crippen LogP contribution in [0.25, 0.3) is 22.2 Å². The zero-order chi connectivity index (χ0) is 20.5. The van der Waals surface area contributed by atoms with E-state index < -0.39 is 11.3 Å². The monoisotopic (exact) mass is 384 g/mol. The van der Waals surface area contributed by atoms with Crippen LogP contribution >= 0.6 is 0 Å². The van der Waals surface area contributed by atoms with Gasteiger partial charge in [-0.1, -0.05) is 19.9 Å². The first-order valence-electron chi connectivity index (χ1n) is 9.42. The molecule has 2 heterocycles. The molecule has 0 saturated carbocycles. The van der Waals surface area contributed by atoms with Gasteiger partial charge in [0.2, 0.25) is 11.8 Å². The van der Waals surface area contributed by atoms with E-state index >= 15 is 0 Å². The predicted octanol–water partition coefficient (Wildman–Crippen LogP) is 3.81. The maximum atomic E-state index is 14.6. The van der Waals surface area contributed by atoms with Gasteiger partial charge < -0.3 is 10.5 Å². The van der Waals surface area contributed by atoms with Crippen molar-refractivity contribution >= 4 is 16.8 Å². The smallest absolute Gasteiger partial charge is 0.228 e. The van der Waals surface area contributed by atoms with Gasteiger partial charge in [-0.2, -0.15) is 5.10 Å². The summed E-state index contributed by atoms with van der Waals surface area (Å²) in [5, 5.41) is 4.68. The van der Waals surface area contributed by atoms with Crippen molar-refractivity contribution in [2.24, 2.45) is 5.73 Å². The number of aryl methyl sites for hydroxylation is 1. The Balaban J connectivity index is 2.17. The van der Waals surface area contributed by atoms with Gasteiger partial charge in [-0.15, -0.1) is 0 Å². The molecule has 0 saturated heterocycles. The molecule has 2 N–H and O–H groups in total. The number of ether oxygens (including phenoxy) is 1. The Hall–Kier alpha value is -2.96. The van der Waals surface area contributed by atoms with E-state index in [4.69, 9.17) is 10.5 Å². The molecular formula is C21H25FN4O2. The van der Waals surface area contributed by atoms with Crippen LogP contribution in [0.1, 0.15) is 39.2 Å². The molecule has 6 nitrogen and oxygen atoms in total. The average molecular weight is 384 g/mol. The molecule has 2 aromatic heterocycles. The highest BCUT2D eigenvalue weighted by molar-refractivity contribution is 5.88. The summed E-state index contributed by atoms with van der Waals surface area (Å²) in [6.45, 7) is 6.41. The van der Waals surface area contributed by atoms with Crippen molar-refractivity contribution in [1.82, 2.24) is 14.8 Å². The van der Waals surface area contributed by atoms with E-state index in [9.17, 15) is 9.18 Å². The fraction of sp³-hybridized carbons (Fsp3) is 0.381. The molecule has 0 atom stereocenters. The Morgan fingerprint density at radius 3 is 2.54 bits per heavy atom. The molecule has 148 valence electrons. The first-order valence-corrected chi connectivity index (χ1v) is 9.42. The Labute approximate surface area is 163 Å². The van der Waals surface area contributed by atoms with Gasteiger partial charge in [0, 0.05) is 17.7 Å². The first kappa shape index (κ1) is 19.8. The van der Waals surface area contributed by atoms with Gasteiger partial charge in [0.25, 0.3) is 0 Å². The van der Waals surface area contributed by atoms with Gasteiger partial charge in [0.05, 0.1) is 35.3 Å². The van der Waals surface area contributed by atoms with Crippen LogP contribution in [0, 0.1) is 5.82 Å². The molecule has 28 heavy (non-hydrogen) atoms. The van der Waals surface area contributed by atoms with Crippen molar-refractivity contribution in [1.29, 1.82) is 0 Å². The molecule has 1 amide bonds. The summed E-state index contributed by atoms with van der Waals surface area (Å²) in [6.07, 6.45) is 2.59. The second-order valence-electron chi connectivity index (χ2n) is 6.76. The van der Waals surface area contributed by atoms with Crippen molar-refractivity contribution in [2.45, 2.75) is 45.6 Å². The number of halogens is 1. The summed E-state index contributed by atoms with van der Waals surface area (Å²) in [5.41, 5.74) is 7.38. The highest BCUT2D eigenvalue weighted by Crippen LogP contribution is 2.38. The molecule has 0 aliphatic rings. The summed E-state index contributed by atoms with van der Waals surface area (Å²) in [6, 6.07) is 6.87. The number of nitrogens with zero attached hydrogens (tertiary/aromatic N) is 3. The topological polar surface area (TPSA) is 83.0 Å². The number of pyridine rings is 1. The first-order chi connectivity index (χ1) is 13.4. The molecule has 0 spiro atoms. The number of primary amides is 1. The number of methoxy groups -OCH3 is 1. The van der Waals surface area contributed by atoms with E-state index in [-0.39, 0.29) is 5.82 Å². The van der Waals surface area contributed by atoms with Gasteiger partial charge in [-0.05, 0) is 38.0 Å². The molecule has 3 aromatic rings. The molecular weight excluding hydrogens is 359 g/mol. The molecule has 0 unspecified atom stereocenters. The Kier molecular flexibility index (Phi) is 5.36. The van der Waals surface area contributed by atoms with Crippen LogP contribution in [0.3, 0.4) is 0 Å². The third-order valence-corrected chi connectivity index (χ3v) is 5.56. The molecule has 7 heteroatoms. The van der Waals surface area contributed by atoms with Gasteiger partial charge >= 0.3 is 0 Å². The number of rotatable bonds is 7. The maximum absolute atomic E-state index is 14.6. The number of aromatic nitrogens is 3. The van der Waals surface area contributed by atoms with Crippen molar-refractivity contribution < 1.29 is 13.9 Å². The summed E-state index contributed by atoms with van der Waals surface area (Å²) >= 11 is 0. The lowest BCUT2D eigenvalue weighted by molar-refractivity contribution is -0.123. The van der Waals surface area contributed by atoms with Crippen molar-refractivity contribution in [3.8, 4) is 17.1 Å². The lowest BCUT2D eigenvalue weighted by Crippen LogP contribution is -2.40. The van der Waals surface area contributed by atoms with Crippen LogP contribution in [0.5, 0.6) is 5.88 Å². The lowest BCUT2D eigenvalue weighted by Gasteiger charge is -2.29. The molecule has 0 aliphatic carbocycles. The lowest BCUT2D eigenvalue weighted by atomic mass is 9.75. The largest absolute Gasteiger partial charge is 0.481 e. The van der Waals surface area contributed by atoms with E-state index in [0.29, 0.717) is 53.0 Å². The molecule has 0 aliphatic heterocycles. The Bertz CT molecular complexity index is 1020. The van der Waals surface area contributed by atoms with E-state index in [1.807, 2.05) is 26.8 Å². The highest BCUT2D eigenvalue weighted by Gasteiger charge is 2.38. The number of nitrogens with two attached hydrogens (primary N) is 1. The zero-order valence-corrected chi connectivity index (χ0v) is 16.6. The van der Waals surface area contributed by atoms with Gasteiger partial charge in [-0.25, -0.2) is 9.37 Å². The third-order valence-electron chi connectivity index (χ3n) is 5.56. The van der Waals surface area contributed by atoms with Gasteiger partial charge in [0.1, 0.15) is 5.82 Å². The number of hydrogen-bond acceptors (Lipinski definition) is 4. The van der Waals surface area contributed by atoms with Gasteiger partial charge in [0.15, 0.2) is 0 Å². The van der Waals surface area contributed by atoms with Crippen LogP contribution in [-0.2, 0) is 16.8 Å². The van der Waals surface area contributed by atoms with Crippen molar-refractivity contribution in [3.05, 3.63) is 41.8 Å². The molecule has 1 aromatic carbocycles. The van der Waals surface area contributed by atoms with Crippen LogP contribution in [-0.4, -0.2) is 27.8 Å². The second-order valence-corrected chi connectivity index (χ2v) is 6.76. The zero-order valence-electron chi connectivity index (χ0n) is 16.6.